The molecule has 1 aliphatic carbocycles. The number of carbonyl (C=O) groups excluding carboxylic acids is 1. The van der Waals surface area contributed by atoms with Crippen LogP contribution in [0.25, 0.3) is 22.3 Å². The van der Waals surface area contributed by atoms with Crippen LogP contribution in [0.15, 0.2) is 71.0 Å². The van der Waals surface area contributed by atoms with Gasteiger partial charge in [0.25, 0.3) is 5.56 Å². The first-order chi connectivity index (χ1) is 14.2. The third-order valence-electron chi connectivity index (χ3n) is 5.35. The molecular formula is C24H25N3O2. The first kappa shape index (κ1) is 19.1. The highest BCUT2D eigenvalue weighted by Gasteiger charge is 2.15. The molecule has 0 radical (unpaired) electrons. The molecule has 0 saturated heterocycles. The van der Waals surface area contributed by atoms with Crippen molar-refractivity contribution in [3.63, 3.8) is 0 Å². The zero-order valence-corrected chi connectivity index (χ0v) is 16.4. The Kier molecular flexibility index (Phi) is 5.84. The Morgan fingerprint density at radius 2 is 1.83 bits per heavy atom. The lowest BCUT2D eigenvalue weighted by atomic mass is 9.97. The van der Waals surface area contributed by atoms with Crippen LogP contribution in [-0.2, 0) is 11.3 Å². The maximum atomic E-state index is 13.2. The average molecular weight is 387 g/mol. The molecule has 1 aromatic heterocycles. The van der Waals surface area contributed by atoms with E-state index in [2.05, 4.69) is 16.4 Å². The number of hydrogen-bond donors (Lipinski definition) is 1. The summed E-state index contributed by atoms with van der Waals surface area (Å²) in [6.45, 7) is 0.592. The summed E-state index contributed by atoms with van der Waals surface area (Å²) in [7, 11) is 0. The minimum Gasteiger partial charge on any atom is -0.354 e. The number of rotatable bonds is 6. The van der Waals surface area contributed by atoms with E-state index in [1.807, 2.05) is 54.6 Å². The van der Waals surface area contributed by atoms with Crippen molar-refractivity contribution in [1.29, 1.82) is 0 Å². The van der Waals surface area contributed by atoms with Crippen LogP contribution >= 0.6 is 0 Å². The smallest absolute Gasteiger partial charge is 0.278 e. The summed E-state index contributed by atoms with van der Waals surface area (Å²) in [4.78, 5) is 30.3. The van der Waals surface area contributed by atoms with Crippen molar-refractivity contribution in [3.8, 4) is 11.3 Å². The Morgan fingerprint density at radius 1 is 1.03 bits per heavy atom. The number of benzene rings is 2. The topological polar surface area (TPSA) is 64.0 Å². The molecule has 0 fully saturated rings. The largest absolute Gasteiger partial charge is 0.354 e. The van der Waals surface area contributed by atoms with E-state index < -0.39 is 0 Å². The molecule has 0 atom stereocenters. The van der Waals surface area contributed by atoms with Crippen molar-refractivity contribution in [1.82, 2.24) is 14.9 Å². The Morgan fingerprint density at radius 3 is 2.62 bits per heavy atom. The molecule has 148 valence electrons. The van der Waals surface area contributed by atoms with Crippen LogP contribution in [0.3, 0.4) is 0 Å². The molecule has 1 heterocycles. The molecule has 0 aliphatic heterocycles. The van der Waals surface area contributed by atoms with E-state index in [1.165, 1.54) is 23.0 Å². The summed E-state index contributed by atoms with van der Waals surface area (Å²) < 4.78 is 1.53. The minimum atomic E-state index is -0.250. The summed E-state index contributed by atoms with van der Waals surface area (Å²) in [5.41, 5.74) is 3.66. The number of fused-ring (bicyclic) bond motifs is 1. The zero-order valence-electron chi connectivity index (χ0n) is 16.4. The number of para-hydroxylation sites is 2. The number of hydrogen-bond acceptors (Lipinski definition) is 3. The van der Waals surface area contributed by atoms with Gasteiger partial charge in [-0.15, -0.1) is 0 Å². The summed E-state index contributed by atoms with van der Waals surface area (Å²) in [6, 6.07) is 16.8. The summed E-state index contributed by atoms with van der Waals surface area (Å²) in [6.07, 6.45) is 7.95. The Bertz CT molecular complexity index is 1100. The van der Waals surface area contributed by atoms with Crippen LogP contribution in [0.5, 0.6) is 0 Å². The van der Waals surface area contributed by atoms with Gasteiger partial charge in [0.2, 0.25) is 5.91 Å². The lowest BCUT2D eigenvalue weighted by molar-refractivity contribution is -0.121. The van der Waals surface area contributed by atoms with E-state index in [0.717, 1.165) is 24.8 Å². The van der Waals surface area contributed by atoms with E-state index in [0.29, 0.717) is 23.3 Å². The van der Waals surface area contributed by atoms with Crippen molar-refractivity contribution in [2.45, 2.75) is 38.6 Å². The second-order valence-corrected chi connectivity index (χ2v) is 7.41. The molecule has 1 aliphatic rings. The Labute approximate surface area is 170 Å². The molecule has 1 amide bonds. The number of allylic oxidation sites excluding steroid dienone is 1. The van der Waals surface area contributed by atoms with Crippen LogP contribution in [0.2, 0.25) is 0 Å². The Hall–Kier alpha value is -3.21. The van der Waals surface area contributed by atoms with Crippen LogP contribution in [0, 0.1) is 0 Å². The standard InChI is InChI=1S/C24H25N3O2/c28-22(25-16-15-18-9-3-1-4-10-18)17-27-21-14-8-7-13-20(21)26-23(24(27)29)19-11-5-2-6-12-19/h2,5-9,11-14H,1,3-4,10,15-17H2,(H,25,28). The third-order valence-corrected chi connectivity index (χ3v) is 5.35. The van der Waals surface area contributed by atoms with E-state index >= 15 is 0 Å². The highest BCUT2D eigenvalue weighted by Crippen LogP contribution is 2.19. The second-order valence-electron chi connectivity index (χ2n) is 7.41. The number of nitrogens with one attached hydrogen (secondary N) is 1. The molecule has 29 heavy (non-hydrogen) atoms. The van der Waals surface area contributed by atoms with Gasteiger partial charge in [0, 0.05) is 12.1 Å². The molecule has 5 nitrogen and oxygen atoms in total. The molecule has 3 aromatic rings. The number of aromatic nitrogens is 2. The molecule has 2 aromatic carbocycles. The molecular weight excluding hydrogens is 362 g/mol. The van der Waals surface area contributed by atoms with Crippen molar-refractivity contribution in [3.05, 3.63) is 76.6 Å². The van der Waals surface area contributed by atoms with Gasteiger partial charge in [-0.25, -0.2) is 4.98 Å². The first-order valence-electron chi connectivity index (χ1n) is 10.2. The van der Waals surface area contributed by atoms with E-state index in [1.54, 1.807) is 0 Å². The number of amides is 1. The molecule has 1 N–H and O–H groups in total. The van der Waals surface area contributed by atoms with E-state index in [4.69, 9.17) is 0 Å². The molecule has 0 bridgehead atoms. The fourth-order valence-electron chi connectivity index (χ4n) is 3.83. The third kappa shape index (κ3) is 4.45. The van der Waals surface area contributed by atoms with Crippen LogP contribution in [-0.4, -0.2) is 22.0 Å². The van der Waals surface area contributed by atoms with Gasteiger partial charge in [-0.05, 0) is 44.2 Å². The quantitative estimate of drug-likeness (QED) is 0.649. The highest BCUT2D eigenvalue weighted by molar-refractivity contribution is 5.81. The van der Waals surface area contributed by atoms with E-state index in [-0.39, 0.29) is 18.0 Å². The van der Waals surface area contributed by atoms with Crippen molar-refractivity contribution >= 4 is 16.9 Å². The lowest BCUT2D eigenvalue weighted by Crippen LogP contribution is -2.34. The summed E-state index contributed by atoms with van der Waals surface area (Å²) in [5.74, 6) is -0.154. The Balaban J connectivity index is 1.57. The first-order valence-corrected chi connectivity index (χ1v) is 10.2. The van der Waals surface area contributed by atoms with Gasteiger partial charge in [-0.2, -0.15) is 0 Å². The number of carbonyl (C=O) groups is 1. The van der Waals surface area contributed by atoms with Gasteiger partial charge in [0.05, 0.1) is 11.0 Å². The molecule has 0 spiro atoms. The molecule has 5 heteroatoms. The summed E-state index contributed by atoms with van der Waals surface area (Å²) >= 11 is 0. The van der Waals surface area contributed by atoms with Crippen LogP contribution in [0.4, 0.5) is 0 Å². The highest BCUT2D eigenvalue weighted by atomic mass is 16.2. The fourth-order valence-corrected chi connectivity index (χ4v) is 3.83. The van der Waals surface area contributed by atoms with Gasteiger partial charge in [-0.1, -0.05) is 54.1 Å². The average Bonchev–Trinajstić information content (AvgIpc) is 2.77. The van der Waals surface area contributed by atoms with Gasteiger partial charge in [0.15, 0.2) is 0 Å². The maximum absolute atomic E-state index is 13.2. The predicted octanol–water partition coefficient (Wildman–Crippen LogP) is 4.07. The fraction of sp³-hybridized carbons (Fsp3) is 0.292. The predicted molar refractivity (Wildman–Crippen MR) is 116 cm³/mol. The van der Waals surface area contributed by atoms with Crippen molar-refractivity contribution in [2.75, 3.05) is 6.54 Å². The van der Waals surface area contributed by atoms with Gasteiger partial charge in [0.1, 0.15) is 12.2 Å². The van der Waals surface area contributed by atoms with Crippen LogP contribution < -0.4 is 10.9 Å². The zero-order chi connectivity index (χ0) is 20.1. The SMILES string of the molecule is O=C(Cn1c(=O)c(-c2ccccc2)nc2ccccc21)NCCC1=CCCCC1. The normalized spacial score (nSPS) is 13.9. The lowest BCUT2D eigenvalue weighted by Gasteiger charge is -2.14. The van der Waals surface area contributed by atoms with Gasteiger partial charge >= 0.3 is 0 Å². The molecule has 0 unspecified atom stereocenters. The maximum Gasteiger partial charge on any atom is 0.278 e. The van der Waals surface area contributed by atoms with Crippen molar-refractivity contribution < 1.29 is 4.79 Å². The molecule has 0 saturated carbocycles. The van der Waals surface area contributed by atoms with Gasteiger partial charge < -0.3 is 5.32 Å². The number of nitrogens with zero attached hydrogens (tertiary/aromatic N) is 2. The molecule has 4 rings (SSSR count). The monoisotopic (exact) mass is 387 g/mol. The van der Waals surface area contributed by atoms with Crippen molar-refractivity contribution in [2.24, 2.45) is 0 Å². The minimum absolute atomic E-state index is 0.0131. The van der Waals surface area contributed by atoms with Gasteiger partial charge in [-0.3, -0.25) is 14.2 Å². The van der Waals surface area contributed by atoms with E-state index in [9.17, 15) is 9.59 Å². The second kappa shape index (κ2) is 8.86. The summed E-state index contributed by atoms with van der Waals surface area (Å²) in [5, 5.41) is 2.97. The van der Waals surface area contributed by atoms with Crippen LogP contribution in [0.1, 0.15) is 32.1 Å².